The number of hydrogen-bond donors (Lipinski definition) is 1. The monoisotopic (exact) mass is 392 g/mol. The summed E-state index contributed by atoms with van der Waals surface area (Å²) in [4.78, 5) is 16.7. The molecule has 2 aromatic rings. The van der Waals surface area contributed by atoms with Crippen molar-refractivity contribution in [3.05, 3.63) is 58.7 Å². The highest BCUT2D eigenvalue weighted by molar-refractivity contribution is 6.16. The van der Waals surface area contributed by atoms with E-state index in [0.29, 0.717) is 11.5 Å². The molecule has 2 heterocycles. The summed E-state index contributed by atoms with van der Waals surface area (Å²) in [5, 5.41) is 0. The van der Waals surface area contributed by atoms with Gasteiger partial charge in [0.1, 0.15) is 5.60 Å². The number of nitrogens with zero attached hydrogens (tertiary/aromatic N) is 1. The quantitative estimate of drug-likeness (QED) is 0.859. The molecule has 5 nitrogen and oxygen atoms in total. The minimum Gasteiger partial charge on any atom is -0.483 e. The van der Waals surface area contributed by atoms with E-state index >= 15 is 0 Å². The van der Waals surface area contributed by atoms with Crippen LogP contribution in [0.4, 0.5) is 0 Å². The molecule has 5 heteroatoms. The molecule has 0 bridgehead atoms. The maximum Gasteiger partial charge on any atom is 0.258 e. The number of nitrogens with two attached hydrogens (primary N) is 1. The lowest BCUT2D eigenvalue weighted by Gasteiger charge is -2.31. The zero-order valence-electron chi connectivity index (χ0n) is 17.7. The Morgan fingerprint density at radius 1 is 1.17 bits per heavy atom. The molecule has 2 aromatic carbocycles. The molecule has 0 saturated carbocycles. The summed E-state index contributed by atoms with van der Waals surface area (Å²) < 4.78 is 12.2. The summed E-state index contributed by atoms with van der Waals surface area (Å²) in [5.74, 6) is 0.784. The zero-order valence-corrected chi connectivity index (χ0v) is 17.7. The van der Waals surface area contributed by atoms with E-state index in [0.717, 1.165) is 40.8 Å². The normalized spacial score (nSPS) is 19.4. The Labute approximate surface area is 171 Å². The first-order chi connectivity index (χ1) is 13.6. The lowest BCUT2D eigenvalue weighted by atomic mass is 9.81. The Hall–Kier alpha value is -2.82. The summed E-state index contributed by atoms with van der Waals surface area (Å²) in [7, 11) is 0. The lowest BCUT2D eigenvalue weighted by molar-refractivity contribution is -0.124. The molecule has 2 aliphatic heterocycles. The number of carbonyl (C=O) groups excluding carboxylic acids is 1. The van der Waals surface area contributed by atoms with Gasteiger partial charge in [0, 0.05) is 23.1 Å². The first kappa shape index (κ1) is 19.5. The van der Waals surface area contributed by atoms with Gasteiger partial charge >= 0.3 is 0 Å². The van der Waals surface area contributed by atoms with Crippen molar-refractivity contribution in [2.75, 3.05) is 0 Å². The Bertz CT molecular complexity index is 1010. The average Bonchev–Trinajstić information content (AvgIpc) is 2.96. The van der Waals surface area contributed by atoms with Crippen molar-refractivity contribution in [3.63, 3.8) is 0 Å². The minimum absolute atomic E-state index is 0.242. The van der Waals surface area contributed by atoms with Crippen molar-refractivity contribution in [1.82, 2.24) is 0 Å². The number of aliphatic imine (C=N–C) groups is 1. The van der Waals surface area contributed by atoms with Gasteiger partial charge in [-0.05, 0) is 52.7 Å². The molecule has 0 spiro atoms. The maximum atomic E-state index is 11.6. The van der Waals surface area contributed by atoms with Gasteiger partial charge in [-0.15, -0.1) is 0 Å². The van der Waals surface area contributed by atoms with Gasteiger partial charge in [0.15, 0.2) is 17.6 Å². The molecule has 0 aromatic heterocycles. The van der Waals surface area contributed by atoms with E-state index in [-0.39, 0.29) is 11.1 Å². The molecule has 0 aliphatic carbocycles. The van der Waals surface area contributed by atoms with Crippen LogP contribution in [-0.4, -0.2) is 28.9 Å². The van der Waals surface area contributed by atoms with Crippen molar-refractivity contribution < 1.29 is 14.3 Å². The van der Waals surface area contributed by atoms with Crippen molar-refractivity contribution in [2.45, 2.75) is 64.7 Å². The van der Waals surface area contributed by atoms with Crippen LogP contribution in [0.15, 0.2) is 41.4 Å². The highest BCUT2D eigenvalue weighted by atomic mass is 16.5. The molecular weight excluding hydrogens is 364 g/mol. The predicted molar refractivity (Wildman–Crippen MR) is 114 cm³/mol. The molecule has 1 unspecified atom stereocenters. The Balaban J connectivity index is 1.93. The Kier molecular flexibility index (Phi) is 4.45. The zero-order chi connectivity index (χ0) is 21.0. The second-order valence-corrected chi connectivity index (χ2v) is 9.23. The molecule has 0 saturated heterocycles. The maximum absolute atomic E-state index is 11.6. The molecule has 29 heavy (non-hydrogen) atoms. The third-order valence-corrected chi connectivity index (χ3v) is 5.43. The van der Waals surface area contributed by atoms with Crippen molar-refractivity contribution >= 4 is 11.6 Å². The van der Waals surface area contributed by atoms with Gasteiger partial charge in [-0.1, -0.05) is 30.3 Å². The first-order valence-corrected chi connectivity index (χ1v) is 10.1. The third-order valence-electron chi connectivity index (χ3n) is 5.43. The number of ether oxygens (including phenoxy) is 2. The smallest absolute Gasteiger partial charge is 0.258 e. The van der Waals surface area contributed by atoms with E-state index in [9.17, 15) is 4.79 Å². The van der Waals surface area contributed by atoms with Crippen LogP contribution >= 0.6 is 0 Å². The van der Waals surface area contributed by atoms with Gasteiger partial charge in [-0.3, -0.25) is 9.79 Å². The van der Waals surface area contributed by atoms with Gasteiger partial charge in [-0.2, -0.15) is 0 Å². The number of primary amides is 1. The molecule has 152 valence electrons. The number of hydrogen-bond acceptors (Lipinski definition) is 4. The van der Waals surface area contributed by atoms with Gasteiger partial charge in [0.05, 0.1) is 11.3 Å². The van der Waals surface area contributed by atoms with Crippen LogP contribution in [0.25, 0.3) is 0 Å². The van der Waals surface area contributed by atoms with Gasteiger partial charge in [-0.25, -0.2) is 0 Å². The lowest BCUT2D eigenvalue weighted by Crippen LogP contribution is -2.32. The van der Waals surface area contributed by atoms with Gasteiger partial charge < -0.3 is 15.2 Å². The fourth-order valence-corrected chi connectivity index (χ4v) is 4.21. The van der Waals surface area contributed by atoms with E-state index in [1.165, 1.54) is 0 Å². The van der Waals surface area contributed by atoms with Crippen molar-refractivity contribution in [2.24, 2.45) is 10.7 Å². The average molecular weight is 392 g/mol. The minimum atomic E-state index is -0.733. The van der Waals surface area contributed by atoms with E-state index in [1.54, 1.807) is 6.92 Å². The van der Waals surface area contributed by atoms with Crippen LogP contribution in [0.1, 0.15) is 56.9 Å². The third kappa shape index (κ3) is 3.61. The first-order valence-electron chi connectivity index (χ1n) is 10.1. The van der Waals surface area contributed by atoms with E-state index < -0.39 is 12.0 Å². The van der Waals surface area contributed by atoms with Crippen molar-refractivity contribution in [3.8, 4) is 11.5 Å². The van der Waals surface area contributed by atoms with Crippen LogP contribution in [0.3, 0.4) is 0 Å². The molecular formula is C24H28N2O3. The van der Waals surface area contributed by atoms with E-state index in [2.05, 4.69) is 39.8 Å². The Morgan fingerprint density at radius 2 is 1.86 bits per heavy atom. The van der Waals surface area contributed by atoms with Crippen LogP contribution in [0.2, 0.25) is 0 Å². The molecule has 2 aliphatic rings. The predicted octanol–water partition coefficient (Wildman–Crippen LogP) is 3.82. The number of rotatable bonds is 4. The van der Waals surface area contributed by atoms with Crippen LogP contribution in [0, 0.1) is 0 Å². The molecule has 4 rings (SSSR count). The van der Waals surface area contributed by atoms with Crippen LogP contribution in [-0.2, 0) is 17.6 Å². The summed E-state index contributed by atoms with van der Waals surface area (Å²) in [6.45, 7) is 10.1. The van der Waals surface area contributed by atoms with Gasteiger partial charge in [0.2, 0.25) is 0 Å². The number of fused-ring (bicyclic) bond motifs is 3. The fourth-order valence-electron chi connectivity index (χ4n) is 4.21. The van der Waals surface area contributed by atoms with Crippen LogP contribution < -0.4 is 15.2 Å². The molecule has 0 fully saturated rings. The van der Waals surface area contributed by atoms with E-state index in [1.807, 2.05) is 24.3 Å². The summed E-state index contributed by atoms with van der Waals surface area (Å²) in [6.07, 6.45) is 0.801. The summed E-state index contributed by atoms with van der Waals surface area (Å²) in [6, 6.07) is 12.3. The highest BCUT2D eigenvalue weighted by Crippen LogP contribution is 2.48. The SMILES string of the molecule is CC(Oc1cc2c(c3c1OC(C)(C)C3)C(c1ccccc1)=NC(C)(C)C2)C(N)=O. The van der Waals surface area contributed by atoms with Gasteiger partial charge in [0.25, 0.3) is 5.91 Å². The second kappa shape index (κ2) is 6.61. The highest BCUT2D eigenvalue weighted by Gasteiger charge is 2.40. The van der Waals surface area contributed by atoms with E-state index in [4.69, 9.17) is 20.2 Å². The number of carbonyl (C=O) groups is 1. The topological polar surface area (TPSA) is 73.9 Å². The second-order valence-electron chi connectivity index (χ2n) is 9.23. The number of amides is 1. The number of benzene rings is 2. The summed E-state index contributed by atoms with van der Waals surface area (Å²) >= 11 is 0. The summed E-state index contributed by atoms with van der Waals surface area (Å²) in [5.41, 5.74) is 10.3. The standard InChI is InChI=1S/C24H28N2O3/c1-14(22(25)27)28-18-11-16-12-23(2,3)26-20(15-9-7-6-8-10-15)19(16)17-13-24(4,5)29-21(17)18/h6-11,14H,12-13H2,1-5H3,(H2,25,27). The Morgan fingerprint density at radius 3 is 2.52 bits per heavy atom. The molecule has 0 radical (unpaired) electrons. The van der Waals surface area contributed by atoms with Crippen molar-refractivity contribution in [1.29, 1.82) is 0 Å². The molecule has 1 amide bonds. The fraction of sp³-hybridized carbons (Fsp3) is 0.417. The molecule has 2 N–H and O–H groups in total. The molecule has 1 atom stereocenters. The van der Waals surface area contributed by atoms with Crippen LogP contribution in [0.5, 0.6) is 11.5 Å². The largest absolute Gasteiger partial charge is 0.483 e.